The normalized spacial score (nSPS) is 21.1. The quantitative estimate of drug-likeness (QED) is 0.389. The van der Waals surface area contributed by atoms with Crippen LogP contribution in [0.15, 0.2) is 47.4 Å². The second kappa shape index (κ2) is 11.9. The smallest absolute Gasteiger partial charge is 0.294 e. The summed E-state index contributed by atoms with van der Waals surface area (Å²) in [5.41, 5.74) is 3.68. The lowest BCUT2D eigenvalue weighted by Gasteiger charge is -2.35. The molecular formula is C27H38F2N2O4S. The molecule has 0 spiro atoms. The van der Waals surface area contributed by atoms with Crippen molar-refractivity contribution >= 4 is 21.5 Å². The number of anilines is 2. The van der Waals surface area contributed by atoms with Crippen molar-refractivity contribution in [2.45, 2.75) is 69.8 Å². The summed E-state index contributed by atoms with van der Waals surface area (Å²) < 4.78 is 58.3. The van der Waals surface area contributed by atoms with Crippen LogP contribution in [0.1, 0.15) is 63.7 Å². The molecule has 1 heterocycles. The van der Waals surface area contributed by atoms with Gasteiger partial charge < -0.3 is 15.3 Å². The van der Waals surface area contributed by atoms with E-state index in [1.165, 1.54) is 29.4 Å². The van der Waals surface area contributed by atoms with Crippen LogP contribution in [0, 0.1) is 11.8 Å². The maximum atomic E-state index is 13.3. The Morgan fingerprint density at radius 3 is 2.39 bits per heavy atom. The van der Waals surface area contributed by atoms with Gasteiger partial charge in [-0.2, -0.15) is 8.42 Å². The van der Waals surface area contributed by atoms with Gasteiger partial charge in [0, 0.05) is 49.4 Å². The Bertz CT molecular complexity index is 1110. The SMILES string of the molecule is CCc1ccc(NCC(C)C)cc1.O=S(=O)(O)c1ccc2c(c1)C(O)CCN2CC1CCC(F)(F)C1. The Hall–Kier alpha value is -2.23. The number of benzene rings is 2. The minimum atomic E-state index is -4.34. The van der Waals surface area contributed by atoms with Crippen molar-refractivity contribution in [1.82, 2.24) is 0 Å². The molecule has 2 aliphatic rings. The van der Waals surface area contributed by atoms with Crippen LogP contribution in [-0.2, 0) is 16.5 Å². The van der Waals surface area contributed by atoms with Gasteiger partial charge in [-0.1, -0.05) is 32.9 Å². The van der Waals surface area contributed by atoms with E-state index >= 15 is 0 Å². The van der Waals surface area contributed by atoms with Crippen LogP contribution in [0.2, 0.25) is 0 Å². The predicted molar refractivity (Wildman–Crippen MR) is 139 cm³/mol. The molecule has 0 radical (unpaired) electrons. The summed E-state index contributed by atoms with van der Waals surface area (Å²) in [5.74, 6) is -2.02. The number of alkyl halides is 2. The molecule has 1 fully saturated rings. The molecule has 0 aromatic heterocycles. The van der Waals surface area contributed by atoms with Crippen LogP contribution < -0.4 is 10.2 Å². The summed E-state index contributed by atoms with van der Waals surface area (Å²) >= 11 is 0. The molecule has 0 saturated heterocycles. The zero-order valence-electron chi connectivity index (χ0n) is 21.3. The summed E-state index contributed by atoms with van der Waals surface area (Å²) in [7, 11) is -4.34. The highest BCUT2D eigenvalue weighted by atomic mass is 32.2. The van der Waals surface area contributed by atoms with E-state index in [1.807, 2.05) is 4.90 Å². The van der Waals surface area contributed by atoms with E-state index in [-0.39, 0.29) is 23.7 Å². The highest BCUT2D eigenvalue weighted by molar-refractivity contribution is 7.85. The van der Waals surface area contributed by atoms with Gasteiger partial charge >= 0.3 is 0 Å². The molecule has 36 heavy (non-hydrogen) atoms. The second-order valence-electron chi connectivity index (χ2n) is 10.2. The van der Waals surface area contributed by atoms with E-state index in [9.17, 15) is 22.3 Å². The summed E-state index contributed by atoms with van der Waals surface area (Å²) in [6.45, 7) is 8.64. The Kier molecular flexibility index (Phi) is 9.35. The molecule has 6 nitrogen and oxygen atoms in total. The molecule has 1 aliphatic heterocycles. The van der Waals surface area contributed by atoms with E-state index in [2.05, 4.69) is 50.4 Å². The van der Waals surface area contributed by atoms with E-state index < -0.39 is 22.1 Å². The van der Waals surface area contributed by atoms with Crippen LogP contribution in [0.5, 0.6) is 0 Å². The first-order valence-corrected chi connectivity index (χ1v) is 14.1. The molecule has 2 aromatic rings. The first-order chi connectivity index (χ1) is 16.9. The fraction of sp³-hybridized carbons (Fsp3) is 0.556. The lowest BCUT2D eigenvalue weighted by Crippen LogP contribution is -2.35. The number of hydrogen-bond donors (Lipinski definition) is 3. The standard InChI is InChI=1S/C15H19F2NO4S.C12H19N/c16-15(17)5-3-10(8-15)9-18-6-4-14(19)12-7-11(23(20,21)22)1-2-13(12)18;1-4-11-5-7-12(8-6-11)13-9-10(2)3/h1-2,7,10,14,19H,3-6,8-9H2,(H,20,21,22);5-8,10,13H,4,9H2,1-3H3. The van der Waals surface area contributed by atoms with Gasteiger partial charge in [0.25, 0.3) is 10.1 Å². The van der Waals surface area contributed by atoms with Crippen molar-refractivity contribution in [1.29, 1.82) is 0 Å². The zero-order valence-corrected chi connectivity index (χ0v) is 22.1. The Balaban J connectivity index is 0.000000236. The molecule has 2 unspecified atom stereocenters. The molecule has 4 rings (SSSR count). The maximum absolute atomic E-state index is 13.3. The molecular weight excluding hydrogens is 486 g/mol. The lowest BCUT2D eigenvalue weighted by atomic mass is 9.97. The van der Waals surface area contributed by atoms with Gasteiger partial charge in [-0.15, -0.1) is 0 Å². The number of hydrogen-bond acceptors (Lipinski definition) is 5. The van der Waals surface area contributed by atoms with Crippen LogP contribution >= 0.6 is 0 Å². The van der Waals surface area contributed by atoms with Gasteiger partial charge in [-0.05, 0) is 67.0 Å². The summed E-state index contributed by atoms with van der Waals surface area (Å²) in [6.07, 6.45) is 0.917. The third kappa shape index (κ3) is 7.88. The van der Waals surface area contributed by atoms with Crippen LogP contribution in [0.3, 0.4) is 0 Å². The molecule has 9 heteroatoms. The number of fused-ring (bicyclic) bond motifs is 1. The molecule has 1 saturated carbocycles. The van der Waals surface area contributed by atoms with Crippen molar-refractivity contribution < 1.29 is 26.9 Å². The van der Waals surface area contributed by atoms with Gasteiger partial charge in [-0.3, -0.25) is 4.55 Å². The fourth-order valence-electron chi connectivity index (χ4n) is 4.68. The number of aliphatic hydroxyl groups excluding tert-OH is 1. The maximum Gasteiger partial charge on any atom is 0.294 e. The van der Waals surface area contributed by atoms with E-state index in [0.717, 1.165) is 13.0 Å². The van der Waals surface area contributed by atoms with Gasteiger partial charge in [0.2, 0.25) is 5.92 Å². The third-order valence-corrected chi connectivity index (χ3v) is 7.58. The lowest BCUT2D eigenvalue weighted by molar-refractivity contribution is 0.00528. The second-order valence-corrected chi connectivity index (χ2v) is 11.7. The number of aryl methyl sites for hydroxylation is 1. The summed E-state index contributed by atoms with van der Waals surface area (Å²) in [4.78, 5) is 1.64. The average Bonchev–Trinajstić information content (AvgIpc) is 3.17. The minimum Gasteiger partial charge on any atom is -0.388 e. The molecule has 0 amide bonds. The molecule has 200 valence electrons. The predicted octanol–water partition coefficient (Wildman–Crippen LogP) is 5.93. The van der Waals surface area contributed by atoms with Crippen molar-refractivity contribution in [2.75, 3.05) is 29.9 Å². The van der Waals surface area contributed by atoms with Gasteiger partial charge in [-0.25, -0.2) is 8.78 Å². The molecule has 2 aromatic carbocycles. The van der Waals surface area contributed by atoms with Crippen LogP contribution in [-0.4, -0.2) is 43.6 Å². The largest absolute Gasteiger partial charge is 0.388 e. The van der Waals surface area contributed by atoms with E-state index in [0.29, 0.717) is 43.1 Å². The first-order valence-electron chi connectivity index (χ1n) is 12.6. The Morgan fingerprint density at radius 1 is 1.14 bits per heavy atom. The van der Waals surface area contributed by atoms with Crippen molar-refractivity contribution in [3.8, 4) is 0 Å². The average molecular weight is 525 g/mol. The fourth-order valence-corrected chi connectivity index (χ4v) is 5.20. The topological polar surface area (TPSA) is 89.9 Å². The van der Waals surface area contributed by atoms with Gasteiger partial charge in [0.05, 0.1) is 11.0 Å². The van der Waals surface area contributed by atoms with Crippen molar-refractivity contribution in [3.05, 3.63) is 53.6 Å². The molecule has 3 N–H and O–H groups in total. The van der Waals surface area contributed by atoms with Gasteiger partial charge in [0.1, 0.15) is 0 Å². The summed E-state index contributed by atoms with van der Waals surface area (Å²) in [6, 6.07) is 12.7. The highest BCUT2D eigenvalue weighted by Gasteiger charge is 2.40. The Labute approximate surface area is 213 Å². The van der Waals surface area contributed by atoms with Crippen LogP contribution in [0.25, 0.3) is 0 Å². The monoisotopic (exact) mass is 524 g/mol. The first kappa shape index (κ1) is 28.3. The Morgan fingerprint density at radius 2 is 1.83 bits per heavy atom. The third-order valence-electron chi connectivity index (χ3n) is 6.73. The van der Waals surface area contributed by atoms with Gasteiger partial charge in [0.15, 0.2) is 0 Å². The minimum absolute atomic E-state index is 0.0946. The number of halogens is 2. The summed E-state index contributed by atoms with van der Waals surface area (Å²) in [5, 5.41) is 13.5. The van der Waals surface area contributed by atoms with E-state index in [4.69, 9.17) is 4.55 Å². The number of nitrogens with one attached hydrogen (secondary N) is 1. The number of rotatable bonds is 7. The van der Waals surface area contributed by atoms with E-state index in [1.54, 1.807) is 0 Å². The zero-order chi connectivity index (χ0) is 26.5. The van der Waals surface area contributed by atoms with Crippen molar-refractivity contribution in [2.24, 2.45) is 11.8 Å². The number of aliphatic hydroxyl groups is 1. The van der Waals surface area contributed by atoms with Crippen molar-refractivity contribution in [3.63, 3.8) is 0 Å². The molecule has 2 atom stereocenters. The molecule has 0 bridgehead atoms. The highest BCUT2D eigenvalue weighted by Crippen LogP contribution is 2.41. The van der Waals surface area contributed by atoms with Crippen LogP contribution in [0.4, 0.5) is 20.2 Å². The number of nitrogens with zero attached hydrogens (tertiary/aromatic N) is 1. The molecule has 1 aliphatic carbocycles.